The number of fused-ring (bicyclic) bond motifs is 1. The van der Waals surface area contributed by atoms with Crippen LogP contribution in [0.1, 0.15) is 5.56 Å². The minimum atomic E-state index is 0.317. The Morgan fingerprint density at radius 3 is 2.35 bits per heavy atom. The molecule has 0 N–H and O–H groups in total. The van der Waals surface area contributed by atoms with Crippen molar-refractivity contribution in [3.05, 3.63) is 66.2 Å². The molecular weight excluding hydrogens is 311 g/mol. The Balaban J connectivity index is 2.02. The van der Waals surface area contributed by atoms with E-state index in [0.717, 1.165) is 5.75 Å². The molecule has 2 heteroatoms. The molecule has 0 bridgehead atoms. The first-order valence-corrected chi connectivity index (χ1v) is 8.29. The molecule has 0 saturated heterocycles. The molecule has 0 unspecified atom stereocenters. The van der Waals surface area contributed by atoms with Gasteiger partial charge >= 0.3 is 125 Å². The first-order valence-electron chi connectivity index (χ1n) is 6.58. The minimum absolute atomic E-state index is 0.317. The molecule has 20 heavy (non-hydrogen) atoms. The van der Waals surface area contributed by atoms with Gasteiger partial charge in [0.15, 0.2) is 0 Å². The van der Waals surface area contributed by atoms with Gasteiger partial charge in [-0.05, 0) is 0 Å². The van der Waals surface area contributed by atoms with Crippen LogP contribution in [0.2, 0.25) is 0 Å². The summed E-state index contributed by atoms with van der Waals surface area (Å²) in [6.07, 6.45) is 0. The van der Waals surface area contributed by atoms with Crippen molar-refractivity contribution in [1.82, 2.24) is 0 Å². The van der Waals surface area contributed by atoms with Crippen molar-refractivity contribution in [2.75, 3.05) is 7.11 Å². The third-order valence-electron chi connectivity index (χ3n) is 3.36. The van der Waals surface area contributed by atoms with Crippen LogP contribution in [0.15, 0.2) is 60.7 Å². The van der Waals surface area contributed by atoms with Crippen LogP contribution in [-0.4, -0.2) is 22.1 Å². The third kappa shape index (κ3) is 2.58. The standard InChI is InChI=1S/C18H16OSe/c1-13-7-8-14-5-3-4-6-17(14)18(13)20-16-11-9-15(19-2)10-12-16/h3-12H,1-2H3. The summed E-state index contributed by atoms with van der Waals surface area (Å²) in [7, 11) is 1.70. The molecule has 0 atom stereocenters. The fourth-order valence-electron chi connectivity index (χ4n) is 2.25. The van der Waals surface area contributed by atoms with E-state index in [-0.39, 0.29) is 0 Å². The van der Waals surface area contributed by atoms with Gasteiger partial charge in [0.1, 0.15) is 0 Å². The van der Waals surface area contributed by atoms with Crippen molar-refractivity contribution in [2.24, 2.45) is 0 Å². The van der Waals surface area contributed by atoms with Crippen molar-refractivity contribution in [1.29, 1.82) is 0 Å². The second kappa shape index (κ2) is 5.70. The molecule has 0 radical (unpaired) electrons. The van der Waals surface area contributed by atoms with Crippen molar-refractivity contribution in [3.63, 3.8) is 0 Å². The molecule has 0 aliphatic heterocycles. The number of methoxy groups -OCH3 is 1. The summed E-state index contributed by atoms with van der Waals surface area (Å²) in [6, 6.07) is 21.5. The second-order valence-corrected chi connectivity index (χ2v) is 6.98. The average molecular weight is 327 g/mol. The molecular formula is C18H16OSe. The zero-order valence-electron chi connectivity index (χ0n) is 11.6. The summed E-state index contributed by atoms with van der Waals surface area (Å²) in [5.41, 5.74) is 1.37. The Morgan fingerprint density at radius 2 is 1.60 bits per heavy atom. The van der Waals surface area contributed by atoms with E-state index < -0.39 is 0 Å². The van der Waals surface area contributed by atoms with Crippen molar-refractivity contribution in [2.45, 2.75) is 6.92 Å². The van der Waals surface area contributed by atoms with E-state index >= 15 is 0 Å². The zero-order chi connectivity index (χ0) is 13.9. The fraction of sp³-hybridized carbons (Fsp3) is 0.111. The quantitative estimate of drug-likeness (QED) is 0.672. The van der Waals surface area contributed by atoms with E-state index in [0.29, 0.717) is 15.0 Å². The molecule has 0 saturated carbocycles. The van der Waals surface area contributed by atoms with Gasteiger partial charge in [-0.3, -0.25) is 0 Å². The molecule has 3 aromatic rings. The molecule has 0 spiro atoms. The molecule has 1 nitrogen and oxygen atoms in total. The van der Waals surface area contributed by atoms with Gasteiger partial charge in [0.2, 0.25) is 0 Å². The molecule has 0 aromatic heterocycles. The van der Waals surface area contributed by atoms with Gasteiger partial charge in [-0.25, -0.2) is 0 Å². The van der Waals surface area contributed by atoms with Crippen LogP contribution < -0.4 is 13.7 Å². The second-order valence-electron chi connectivity index (χ2n) is 4.71. The van der Waals surface area contributed by atoms with Crippen LogP contribution in [0.5, 0.6) is 5.75 Å². The molecule has 3 aromatic carbocycles. The van der Waals surface area contributed by atoms with Gasteiger partial charge < -0.3 is 0 Å². The summed E-state index contributed by atoms with van der Waals surface area (Å²) < 4.78 is 8.07. The van der Waals surface area contributed by atoms with Gasteiger partial charge in [0.05, 0.1) is 0 Å². The Labute approximate surface area is 125 Å². The molecule has 0 heterocycles. The van der Waals surface area contributed by atoms with E-state index in [1.54, 1.807) is 7.11 Å². The molecule has 100 valence electrons. The first kappa shape index (κ1) is 13.2. The molecule has 0 aliphatic rings. The van der Waals surface area contributed by atoms with E-state index in [1.165, 1.54) is 25.3 Å². The number of ether oxygens (including phenoxy) is 1. The van der Waals surface area contributed by atoms with E-state index in [9.17, 15) is 0 Å². The van der Waals surface area contributed by atoms with Crippen LogP contribution >= 0.6 is 0 Å². The SMILES string of the molecule is COc1ccc([Se]c2c(C)ccc3ccccc23)cc1. The van der Waals surface area contributed by atoms with Gasteiger partial charge in [-0.2, -0.15) is 0 Å². The number of rotatable bonds is 3. The topological polar surface area (TPSA) is 9.23 Å². The molecule has 0 fully saturated rings. The summed E-state index contributed by atoms with van der Waals surface area (Å²) in [5, 5.41) is 2.70. The van der Waals surface area contributed by atoms with Gasteiger partial charge in [-0.15, -0.1) is 0 Å². The van der Waals surface area contributed by atoms with Crippen LogP contribution in [-0.2, 0) is 0 Å². The zero-order valence-corrected chi connectivity index (χ0v) is 13.3. The Morgan fingerprint density at radius 1 is 0.850 bits per heavy atom. The first-order chi connectivity index (χ1) is 9.78. The predicted octanol–water partition coefficient (Wildman–Crippen LogP) is 2.81. The number of hydrogen-bond acceptors (Lipinski definition) is 1. The number of benzene rings is 3. The normalized spacial score (nSPS) is 10.7. The molecule has 0 amide bonds. The average Bonchev–Trinajstić information content (AvgIpc) is 2.51. The Kier molecular flexibility index (Phi) is 3.77. The summed E-state index contributed by atoms with van der Waals surface area (Å²) >= 11 is 0.317. The van der Waals surface area contributed by atoms with Crippen molar-refractivity contribution < 1.29 is 4.74 Å². The van der Waals surface area contributed by atoms with E-state index in [4.69, 9.17) is 4.74 Å². The molecule has 0 aliphatic carbocycles. The van der Waals surface area contributed by atoms with E-state index in [1.807, 2.05) is 12.1 Å². The number of hydrogen-bond donors (Lipinski definition) is 0. The van der Waals surface area contributed by atoms with E-state index in [2.05, 4.69) is 55.5 Å². The third-order valence-corrected chi connectivity index (χ3v) is 5.99. The summed E-state index contributed by atoms with van der Waals surface area (Å²) in [5.74, 6) is 0.916. The van der Waals surface area contributed by atoms with Crippen molar-refractivity contribution in [3.8, 4) is 5.75 Å². The predicted molar refractivity (Wildman–Crippen MR) is 86.7 cm³/mol. The maximum atomic E-state index is 5.22. The monoisotopic (exact) mass is 328 g/mol. The van der Waals surface area contributed by atoms with Gasteiger partial charge in [0.25, 0.3) is 0 Å². The van der Waals surface area contributed by atoms with Crippen molar-refractivity contribution >= 4 is 34.7 Å². The fourth-order valence-corrected chi connectivity index (χ4v) is 4.42. The summed E-state index contributed by atoms with van der Waals surface area (Å²) in [4.78, 5) is 0. The van der Waals surface area contributed by atoms with Crippen LogP contribution in [0.3, 0.4) is 0 Å². The summed E-state index contributed by atoms with van der Waals surface area (Å²) in [6.45, 7) is 2.20. The maximum absolute atomic E-state index is 5.22. The Hall–Kier alpha value is -1.76. The van der Waals surface area contributed by atoms with Crippen LogP contribution in [0, 0.1) is 6.92 Å². The van der Waals surface area contributed by atoms with Gasteiger partial charge in [-0.1, -0.05) is 0 Å². The number of aryl methyl sites for hydroxylation is 1. The van der Waals surface area contributed by atoms with Crippen LogP contribution in [0.4, 0.5) is 0 Å². The Bertz CT molecular complexity index is 732. The van der Waals surface area contributed by atoms with Crippen LogP contribution in [0.25, 0.3) is 10.8 Å². The molecule has 3 rings (SSSR count). The van der Waals surface area contributed by atoms with Gasteiger partial charge in [0, 0.05) is 0 Å².